The lowest BCUT2D eigenvalue weighted by Crippen LogP contribution is -2.43. The molecule has 1 aromatic rings. The summed E-state index contributed by atoms with van der Waals surface area (Å²) in [6.07, 6.45) is -3.90. The highest BCUT2D eigenvalue weighted by Crippen LogP contribution is 2.38. The van der Waals surface area contributed by atoms with E-state index in [2.05, 4.69) is 0 Å². The van der Waals surface area contributed by atoms with Crippen molar-refractivity contribution in [3.63, 3.8) is 0 Å². The lowest BCUT2D eigenvalue weighted by Gasteiger charge is -2.37. The second-order valence-corrected chi connectivity index (χ2v) is 12.9. The summed E-state index contributed by atoms with van der Waals surface area (Å²) in [6.45, 7) is 9.51. The zero-order valence-corrected chi connectivity index (χ0v) is 17.2. The Morgan fingerprint density at radius 2 is 1.70 bits per heavy atom. The van der Waals surface area contributed by atoms with Gasteiger partial charge in [0.05, 0.1) is 11.5 Å². The molecular weight excluding hydrogens is 379 g/mol. The van der Waals surface area contributed by atoms with Gasteiger partial charge in [0.1, 0.15) is 6.29 Å². The first-order valence-corrected chi connectivity index (χ1v) is 11.5. The lowest BCUT2D eigenvalue weighted by molar-refractivity contribution is -0.484. The van der Waals surface area contributed by atoms with Crippen LogP contribution < -0.4 is 0 Å². The topological polar surface area (TPSA) is 69.4 Å². The van der Waals surface area contributed by atoms with E-state index in [-0.39, 0.29) is 11.6 Å². The van der Waals surface area contributed by atoms with Gasteiger partial charge in [-0.15, -0.1) is 0 Å². The first kappa shape index (κ1) is 23.3. The number of rotatable bonds is 8. The van der Waals surface area contributed by atoms with Gasteiger partial charge >= 0.3 is 6.18 Å². The van der Waals surface area contributed by atoms with Crippen molar-refractivity contribution in [1.29, 1.82) is 0 Å². The Morgan fingerprint density at radius 1 is 1.19 bits per heavy atom. The standard InChI is InChI=1S/C18H26F3NO4Si/c1-17(2,3)27(4,5)26-12-14(11-23)16(10-22(24)25)13-6-8-15(9-7-13)18(19,20)21/h6-9,11,14,16H,10,12H2,1-5H3. The number of alkyl halides is 3. The molecule has 152 valence electrons. The van der Waals surface area contributed by atoms with Crippen molar-refractivity contribution in [2.75, 3.05) is 13.2 Å². The molecular formula is C18H26F3NO4Si. The molecule has 0 heterocycles. The fourth-order valence-electron chi connectivity index (χ4n) is 2.34. The van der Waals surface area contributed by atoms with E-state index < -0.39 is 43.4 Å². The number of aldehydes is 1. The summed E-state index contributed by atoms with van der Waals surface area (Å²) in [5.41, 5.74) is -0.526. The molecule has 1 rings (SSSR count). The predicted molar refractivity (Wildman–Crippen MR) is 98.7 cm³/mol. The van der Waals surface area contributed by atoms with Crippen LogP contribution in [0, 0.1) is 16.0 Å². The van der Waals surface area contributed by atoms with Crippen LogP contribution in [0.25, 0.3) is 0 Å². The Hall–Kier alpha value is -1.74. The van der Waals surface area contributed by atoms with Crippen molar-refractivity contribution < 1.29 is 27.3 Å². The van der Waals surface area contributed by atoms with Gasteiger partial charge in [-0.3, -0.25) is 10.1 Å². The van der Waals surface area contributed by atoms with Gasteiger partial charge < -0.3 is 9.22 Å². The molecule has 2 atom stereocenters. The fourth-order valence-corrected chi connectivity index (χ4v) is 3.38. The number of benzene rings is 1. The minimum Gasteiger partial charge on any atom is -0.416 e. The van der Waals surface area contributed by atoms with Crippen LogP contribution in [0.1, 0.15) is 37.8 Å². The number of hydrogen-bond donors (Lipinski definition) is 0. The van der Waals surface area contributed by atoms with Crippen LogP contribution >= 0.6 is 0 Å². The summed E-state index contributed by atoms with van der Waals surface area (Å²) in [5.74, 6) is -1.68. The van der Waals surface area contributed by atoms with Gasteiger partial charge in [-0.1, -0.05) is 32.9 Å². The number of carbonyl (C=O) groups excluding carboxylic acids is 1. The molecule has 27 heavy (non-hydrogen) atoms. The van der Waals surface area contributed by atoms with Gasteiger partial charge in [0.2, 0.25) is 6.54 Å². The average Bonchev–Trinajstić information content (AvgIpc) is 2.52. The molecule has 9 heteroatoms. The van der Waals surface area contributed by atoms with Crippen LogP contribution in [0.4, 0.5) is 13.2 Å². The molecule has 2 unspecified atom stereocenters. The van der Waals surface area contributed by atoms with E-state index in [1.54, 1.807) is 0 Å². The van der Waals surface area contributed by atoms with E-state index in [1.165, 1.54) is 12.1 Å². The smallest absolute Gasteiger partial charge is 0.416 e. The maximum absolute atomic E-state index is 12.7. The van der Waals surface area contributed by atoms with Gasteiger partial charge in [-0.05, 0) is 35.8 Å². The fraction of sp³-hybridized carbons (Fsp3) is 0.611. The van der Waals surface area contributed by atoms with Gasteiger partial charge in [-0.25, -0.2) is 0 Å². The van der Waals surface area contributed by atoms with Crippen molar-refractivity contribution in [3.05, 3.63) is 45.5 Å². The maximum Gasteiger partial charge on any atom is 0.416 e. The second kappa shape index (κ2) is 8.51. The van der Waals surface area contributed by atoms with Crippen LogP contribution in [0.3, 0.4) is 0 Å². The summed E-state index contributed by atoms with van der Waals surface area (Å²) in [6, 6.07) is 4.14. The Morgan fingerprint density at radius 3 is 2.07 bits per heavy atom. The van der Waals surface area contributed by atoms with Crippen LogP contribution in [-0.2, 0) is 15.4 Å². The van der Waals surface area contributed by atoms with Crippen molar-refractivity contribution >= 4 is 14.6 Å². The SMILES string of the molecule is CC(C)(C)[Si](C)(C)OCC(C=O)C(C[N+](=O)[O-])c1ccc(C(F)(F)F)cc1. The van der Waals surface area contributed by atoms with E-state index in [0.717, 1.165) is 12.1 Å². The first-order chi connectivity index (χ1) is 12.2. The molecule has 0 aliphatic carbocycles. The van der Waals surface area contributed by atoms with Crippen LogP contribution in [0.5, 0.6) is 0 Å². The molecule has 0 radical (unpaired) electrons. The maximum atomic E-state index is 12.7. The highest BCUT2D eigenvalue weighted by atomic mass is 28.4. The van der Waals surface area contributed by atoms with Gasteiger partial charge in [0, 0.05) is 17.4 Å². The van der Waals surface area contributed by atoms with Crippen LogP contribution in [0.2, 0.25) is 18.1 Å². The summed E-state index contributed by atoms with van der Waals surface area (Å²) in [7, 11) is -2.18. The molecule has 0 aliphatic rings. The third-order valence-corrected chi connectivity index (χ3v) is 9.65. The molecule has 0 amide bonds. The molecule has 5 nitrogen and oxygen atoms in total. The number of nitrogens with zero attached hydrogens (tertiary/aromatic N) is 1. The zero-order chi connectivity index (χ0) is 21.0. The average molecular weight is 405 g/mol. The number of halogens is 3. The molecule has 0 bridgehead atoms. The van der Waals surface area contributed by atoms with E-state index in [0.29, 0.717) is 11.8 Å². The van der Waals surface area contributed by atoms with Crippen molar-refractivity contribution in [2.24, 2.45) is 5.92 Å². The van der Waals surface area contributed by atoms with E-state index >= 15 is 0 Å². The number of hydrogen-bond acceptors (Lipinski definition) is 4. The normalized spacial score (nSPS) is 15.3. The third-order valence-electron chi connectivity index (χ3n) is 5.15. The summed E-state index contributed by atoms with van der Waals surface area (Å²) in [5, 5.41) is 11.0. The third kappa shape index (κ3) is 6.42. The summed E-state index contributed by atoms with van der Waals surface area (Å²) >= 11 is 0. The van der Waals surface area contributed by atoms with Gasteiger partial charge in [-0.2, -0.15) is 13.2 Å². The van der Waals surface area contributed by atoms with E-state index in [4.69, 9.17) is 4.43 Å². The quantitative estimate of drug-likeness (QED) is 0.267. The van der Waals surface area contributed by atoms with E-state index in [9.17, 15) is 28.1 Å². The number of carbonyl (C=O) groups is 1. The lowest BCUT2D eigenvalue weighted by atomic mass is 9.87. The van der Waals surface area contributed by atoms with E-state index in [1.807, 2.05) is 33.9 Å². The zero-order valence-electron chi connectivity index (χ0n) is 16.2. The summed E-state index contributed by atoms with van der Waals surface area (Å²) < 4.78 is 44.2. The molecule has 0 fully saturated rings. The molecule has 0 spiro atoms. The van der Waals surface area contributed by atoms with Gasteiger partial charge in [0.15, 0.2) is 8.32 Å². The Bertz CT molecular complexity index is 654. The predicted octanol–water partition coefficient (Wildman–Crippen LogP) is 4.90. The van der Waals surface area contributed by atoms with Crippen molar-refractivity contribution in [1.82, 2.24) is 0 Å². The molecule has 1 aromatic carbocycles. The van der Waals surface area contributed by atoms with Crippen LogP contribution in [0.15, 0.2) is 24.3 Å². The summed E-state index contributed by atoms with van der Waals surface area (Å²) in [4.78, 5) is 22.1. The van der Waals surface area contributed by atoms with Crippen LogP contribution in [-0.4, -0.2) is 32.7 Å². The highest BCUT2D eigenvalue weighted by Gasteiger charge is 2.39. The van der Waals surface area contributed by atoms with Crippen molar-refractivity contribution in [3.8, 4) is 0 Å². The first-order valence-electron chi connectivity index (χ1n) is 8.57. The second-order valence-electron chi connectivity index (χ2n) is 8.11. The van der Waals surface area contributed by atoms with Crippen molar-refractivity contribution in [2.45, 2.75) is 51.0 Å². The Labute approximate surface area is 158 Å². The minimum absolute atomic E-state index is 0.000475. The Kier molecular flexibility index (Phi) is 7.35. The number of nitro groups is 1. The molecule has 0 N–H and O–H groups in total. The minimum atomic E-state index is -4.49. The van der Waals surface area contributed by atoms with Gasteiger partial charge in [0.25, 0.3) is 0 Å². The monoisotopic (exact) mass is 405 g/mol. The highest BCUT2D eigenvalue weighted by molar-refractivity contribution is 6.74. The molecule has 0 aromatic heterocycles. The molecule has 0 saturated carbocycles. The largest absolute Gasteiger partial charge is 0.416 e. The molecule has 0 aliphatic heterocycles. The molecule has 0 saturated heterocycles. The Balaban J connectivity index is 3.09.